The standard InChI is InChI=1S/C19H26N4O2/c1-21-12-9-19(10-13-21)17(24)23(18(25)20-19)14-22-11-5-8-16(22)15-6-3-2-4-7-15/h2-4,6-7,16H,5,8-14H2,1H3,(H,20,25)/t16-/m1/s1. The number of rotatable bonds is 3. The van der Waals surface area contributed by atoms with Crippen LogP contribution in [-0.4, -0.2) is 65.5 Å². The predicted molar refractivity (Wildman–Crippen MR) is 94.8 cm³/mol. The number of carbonyl (C=O) groups excluding carboxylic acids is 2. The number of likely N-dealkylation sites (tertiary alicyclic amines) is 2. The first-order valence-electron chi connectivity index (χ1n) is 9.21. The molecular weight excluding hydrogens is 316 g/mol. The summed E-state index contributed by atoms with van der Waals surface area (Å²) >= 11 is 0. The Balaban J connectivity index is 1.49. The van der Waals surface area contributed by atoms with Crippen molar-refractivity contribution in [1.29, 1.82) is 0 Å². The van der Waals surface area contributed by atoms with Crippen LogP contribution in [0.5, 0.6) is 0 Å². The van der Waals surface area contributed by atoms with E-state index >= 15 is 0 Å². The maximum absolute atomic E-state index is 13.0. The molecule has 1 N–H and O–H groups in total. The molecule has 3 heterocycles. The number of urea groups is 1. The molecule has 0 aliphatic carbocycles. The second kappa shape index (κ2) is 6.42. The van der Waals surface area contributed by atoms with Gasteiger partial charge in [0, 0.05) is 25.7 Å². The monoisotopic (exact) mass is 342 g/mol. The Morgan fingerprint density at radius 3 is 2.56 bits per heavy atom. The molecule has 3 aliphatic heterocycles. The maximum Gasteiger partial charge on any atom is 0.326 e. The molecule has 3 fully saturated rings. The van der Waals surface area contributed by atoms with Gasteiger partial charge in [0.2, 0.25) is 0 Å². The highest BCUT2D eigenvalue weighted by Crippen LogP contribution is 2.34. The number of carbonyl (C=O) groups is 2. The fraction of sp³-hybridized carbons (Fsp3) is 0.579. The molecule has 25 heavy (non-hydrogen) atoms. The highest BCUT2D eigenvalue weighted by molar-refractivity contribution is 6.07. The molecular formula is C19H26N4O2. The lowest BCUT2D eigenvalue weighted by molar-refractivity contribution is -0.134. The van der Waals surface area contributed by atoms with E-state index < -0.39 is 5.54 Å². The van der Waals surface area contributed by atoms with E-state index in [-0.39, 0.29) is 18.0 Å². The summed E-state index contributed by atoms with van der Waals surface area (Å²) in [5, 5.41) is 3.00. The van der Waals surface area contributed by atoms with Gasteiger partial charge >= 0.3 is 6.03 Å². The average Bonchev–Trinajstić information content (AvgIpc) is 3.18. The Kier molecular flexibility index (Phi) is 4.25. The summed E-state index contributed by atoms with van der Waals surface area (Å²) in [7, 11) is 2.06. The van der Waals surface area contributed by atoms with E-state index in [0.29, 0.717) is 19.5 Å². The van der Waals surface area contributed by atoms with Crippen LogP contribution < -0.4 is 5.32 Å². The third kappa shape index (κ3) is 2.93. The van der Waals surface area contributed by atoms with Crippen LogP contribution in [0.2, 0.25) is 0 Å². The van der Waals surface area contributed by atoms with Gasteiger partial charge in [0.25, 0.3) is 5.91 Å². The van der Waals surface area contributed by atoms with Gasteiger partial charge in [-0.05, 0) is 38.3 Å². The van der Waals surface area contributed by atoms with Crippen LogP contribution >= 0.6 is 0 Å². The normalized spacial score (nSPS) is 27.2. The molecule has 1 atom stereocenters. The molecule has 0 aromatic heterocycles. The van der Waals surface area contributed by atoms with Crippen LogP contribution in [0.25, 0.3) is 0 Å². The second-order valence-corrected chi connectivity index (χ2v) is 7.57. The average molecular weight is 342 g/mol. The van der Waals surface area contributed by atoms with Crippen molar-refractivity contribution in [2.75, 3.05) is 33.4 Å². The first-order valence-corrected chi connectivity index (χ1v) is 9.21. The third-order valence-corrected chi connectivity index (χ3v) is 5.96. The summed E-state index contributed by atoms with van der Waals surface area (Å²) in [5.74, 6) is -0.0377. The lowest BCUT2D eigenvalue weighted by atomic mass is 9.88. The minimum atomic E-state index is -0.675. The molecule has 3 aliphatic rings. The molecule has 0 saturated carbocycles. The topological polar surface area (TPSA) is 55.9 Å². The Morgan fingerprint density at radius 2 is 1.84 bits per heavy atom. The van der Waals surface area contributed by atoms with E-state index in [4.69, 9.17) is 0 Å². The molecule has 3 saturated heterocycles. The highest BCUT2D eigenvalue weighted by Gasteiger charge is 2.52. The number of hydrogen-bond donors (Lipinski definition) is 1. The summed E-state index contributed by atoms with van der Waals surface area (Å²) in [5.41, 5.74) is 0.590. The van der Waals surface area contributed by atoms with E-state index in [9.17, 15) is 9.59 Å². The summed E-state index contributed by atoms with van der Waals surface area (Å²) in [6, 6.07) is 10.4. The third-order valence-electron chi connectivity index (χ3n) is 5.96. The van der Waals surface area contributed by atoms with Gasteiger partial charge in [0.15, 0.2) is 0 Å². The molecule has 6 heteroatoms. The number of benzene rings is 1. The van der Waals surface area contributed by atoms with Crippen molar-refractivity contribution in [3.63, 3.8) is 0 Å². The van der Waals surface area contributed by atoms with Gasteiger partial charge < -0.3 is 10.2 Å². The number of nitrogens with zero attached hydrogens (tertiary/aromatic N) is 3. The fourth-order valence-corrected chi connectivity index (χ4v) is 4.37. The second-order valence-electron chi connectivity index (χ2n) is 7.57. The maximum atomic E-state index is 13.0. The van der Waals surface area contributed by atoms with Crippen molar-refractivity contribution in [3.05, 3.63) is 35.9 Å². The Bertz CT molecular complexity index is 655. The zero-order chi connectivity index (χ0) is 17.4. The van der Waals surface area contributed by atoms with Crippen molar-refractivity contribution in [2.45, 2.75) is 37.3 Å². The van der Waals surface area contributed by atoms with E-state index in [1.807, 2.05) is 18.2 Å². The molecule has 0 unspecified atom stereocenters. The van der Waals surface area contributed by atoms with Gasteiger partial charge in [0.1, 0.15) is 5.54 Å². The first kappa shape index (κ1) is 16.5. The molecule has 1 aromatic carbocycles. The number of imide groups is 1. The predicted octanol–water partition coefficient (Wildman–Crippen LogP) is 1.80. The molecule has 4 rings (SSSR count). The Labute approximate surface area is 148 Å². The lowest BCUT2D eigenvalue weighted by Gasteiger charge is -2.35. The Morgan fingerprint density at radius 1 is 1.12 bits per heavy atom. The SMILES string of the molecule is CN1CCC2(CC1)NC(=O)N(CN1CCC[C@@H]1c1ccccc1)C2=O. The summed E-state index contributed by atoms with van der Waals surface area (Å²) in [6.07, 6.45) is 3.57. The molecule has 1 spiro atoms. The molecule has 3 amide bonds. The van der Waals surface area contributed by atoms with Crippen molar-refractivity contribution >= 4 is 11.9 Å². The number of nitrogens with one attached hydrogen (secondary N) is 1. The summed E-state index contributed by atoms with van der Waals surface area (Å²) in [4.78, 5) is 31.5. The number of piperidine rings is 1. The highest BCUT2D eigenvalue weighted by atomic mass is 16.2. The van der Waals surface area contributed by atoms with Crippen molar-refractivity contribution in [1.82, 2.24) is 20.0 Å². The van der Waals surface area contributed by atoms with Gasteiger partial charge in [-0.25, -0.2) is 9.69 Å². The Hall–Kier alpha value is -1.92. The summed E-state index contributed by atoms with van der Waals surface area (Å²) < 4.78 is 0. The molecule has 0 radical (unpaired) electrons. The number of hydrogen-bond acceptors (Lipinski definition) is 4. The van der Waals surface area contributed by atoms with E-state index in [0.717, 1.165) is 32.5 Å². The molecule has 0 bridgehead atoms. The van der Waals surface area contributed by atoms with E-state index in [1.165, 1.54) is 10.5 Å². The van der Waals surface area contributed by atoms with Crippen molar-refractivity contribution < 1.29 is 9.59 Å². The van der Waals surface area contributed by atoms with Crippen LogP contribution in [0.15, 0.2) is 30.3 Å². The zero-order valence-corrected chi connectivity index (χ0v) is 14.8. The van der Waals surface area contributed by atoms with Gasteiger partial charge in [-0.15, -0.1) is 0 Å². The van der Waals surface area contributed by atoms with Gasteiger partial charge in [-0.1, -0.05) is 30.3 Å². The largest absolute Gasteiger partial charge is 0.326 e. The van der Waals surface area contributed by atoms with Crippen LogP contribution in [-0.2, 0) is 4.79 Å². The molecule has 6 nitrogen and oxygen atoms in total. The van der Waals surface area contributed by atoms with Gasteiger partial charge in [-0.2, -0.15) is 0 Å². The zero-order valence-electron chi connectivity index (χ0n) is 14.8. The molecule has 1 aromatic rings. The smallest absolute Gasteiger partial charge is 0.323 e. The fourth-order valence-electron chi connectivity index (χ4n) is 4.37. The van der Waals surface area contributed by atoms with E-state index in [1.54, 1.807) is 0 Å². The van der Waals surface area contributed by atoms with Crippen LogP contribution in [0.4, 0.5) is 4.79 Å². The minimum Gasteiger partial charge on any atom is -0.323 e. The quantitative estimate of drug-likeness (QED) is 0.851. The minimum absolute atomic E-state index is 0.0377. The summed E-state index contributed by atoms with van der Waals surface area (Å²) in [6.45, 7) is 3.00. The van der Waals surface area contributed by atoms with Crippen LogP contribution in [0, 0.1) is 0 Å². The lowest BCUT2D eigenvalue weighted by Crippen LogP contribution is -2.54. The van der Waals surface area contributed by atoms with Crippen molar-refractivity contribution in [3.8, 4) is 0 Å². The van der Waals surface area contributed by atoms with E-state index in [2.05, 4.69) is 34.3 Å². The number of amides is 3. The van der Waals surface area contributed by atoms with Crippen LogP contribution in [0.3, 0.4) is 0 Å². The van der Waals surface area contributed by atoms with Gasteiger partial charge in [-0.3, -0.25) is 9.69 Å². The molecule has 134 valence electrons. The van der Waals surface area contributed by atoms with Gasteiger partial charge in [0.05, 0.1) is 6.67 Å². The van der Waals surface area contributed by atoms with Crippen LogP contribution in [0.1, 0.15) is 37.3 Å². The van der Waals surface area contributed by atoms with Crippen molar-refractivity contribution in [2.24, 2.45) is 0 Å². The first-order chi connectivity index (χ1) is 12.1.